The minimum atomic E-state index is -4.32. The molecule has 4 rings (SSSR count). The Morgan fingerprint density at radius 3 is 2.30 bits per heavy atom. The fourth-order valence-corrected chi connectivity index (χ4v) is 4.07. The first-order valence-corrected chi connectivity index (χ1v) is 10.6. The molecule has 0 fully saturated rings. The Bertz CT molecular complexity index is 1370. The summed E-state index contributed by atoms with van der Waals surface area (Å²) in [6.07, 6.45) is 1.64. The highest BCUT2D eigenvalue weighted by Crippen LogP contribution is 2.35. The molecule has 2 aromatic carbocycles. The van der Waals surface area contributed by atoms with Gasteiger partial charge in [-0.2, -0.15) is 0 Å². The monoisotopic (exact) mass is 429 g/mol. The van der Waals surface area contributed by atoms with Gasteiger partial charge in [0.25, 0.3) is 0 Å². The van der Waals surface area contributed by atoms with Crippen molar-refractivity contribution in [2.45, 2.75) is 6.54 Å². The lowest BCUT2D eigenvalue weighted by molar-refractivity contribution is 0.356. The molecule has 2 heterocycles. The summed E-state index contributed by atoms with van der Waals surface area (Å²) in [6.45, 7) is 0.227. The van der Waals surface area contributed by atoms with Gasteiger partial charge in [-0.1, -0.05) is 12.1 Å². The van der Waals surface area contributed by atoms with E-state index in [9.17, 15) is 19.1 Å². The number of methoxy groups -OCH3 is 2. The molecule has 0 saturated carbocycles. The number of aryl methyl sites for hydroxylation is 1. The second-order valence-electron chi connectivity index (χ2n) is 6.85. The summed E-state index contributed by atoms with van der Waals surface area (Å²) >= 11 is 0. The van der Waals surface area contributed by atoms with E-state index in [4.69, 9.17) is 9.47 Å². The van der Waals surface area contributed by atoms with Crippen LogP contribution < -0.4 is 20.5 Å². The smallest absolute Gasteiger partial charge is 0.356 e. The molecule has 4 aromatic rings. The molecule has 0 aliphatic rings. The van der Waals surface area contributed by atoms with Gasteiger partial charge in [0, 0.05) is 18.5 Å². The second kappa shape index (κ2) is 7.28. The Balaban J connectivity index is 1.93. The van der Waals surface area contributed by atoms with Crippen molar-refractivity contribution in [3.63, 3.8) is 0 Å². The molecular formula is C20H20N3O6P. The molecule has 0 aliphatic heterocycles. The summed E-state index contributed by atoms with van der Waals surface area (Å²) in [6, 6.07) is 9.50. The number of ether oxygens (including phenoxy) is 2. The summed E-state index contributed by atoms with van der Waals surface area (Å²) in [4.78, 5) is 36.0. The Morgan fingerprint density at radius 1 is 1.07 bits per heavy atom. The van der Waals surface area contributed by atoms with Gasteiger partial charge in [-0.15, -0.1) is 0 Å². The first kappa shape index (κ1) is 20.2. The van der Waals surface area contributed by atoms with Crippen LogP contribution in [0.4, 0.5) is 0 Å². The third kappa shape index (κ3) is 3.27. The molecule has 10 heteroatoms. The van der Waals surface area contributed by atoms with Crippen molar-refractivity contribution in [3.05, 3.63) is 58.6 Å². The molecule has 30 heavy (non-hydrogen) atoms. The third-order valence-corrected chi connectivity index (χ3v) is 6.06. The first-order valence-electron chi connectivity index (χ1n) is 8.99. The van der Waals surface area contributed by atoms with E-state index in [1.165, 1.54) is 23.8 Å². The van der Waals surface area contributed by atoms with Gasteiger partial charge in [0.05, 0.1) is 48.8 Å². The normalized spacial score (nSPS) is 11.9. The zero-order valence-corrected chi connectivity index (χ0v) is 17.5. The van der Waals surface area contributed by atoms with E-state index in [0.29, 0.717) is 28.0 Å². The van der Waals surface area contributed by atoms with Crippen molar-refractivity contribution >= 4 is 34.8 Å². The largest absolute Gasteiger partial charge is 0.493 e. The number of nitrogens with zero attached hydrogens (tertiary/aromatic N) is 3. The highest BCUT2D eigenvalue weighted by Gasteiger charge is 2.19. The number of pyridine rings is 1. The van der Waals surface area contributed by atoms with Gasteiger partial charge in [0.1, 0.15) is 0 Å². The van der Waals surface area contributed by atoms with Crippen molar-refractivity contribution in [2.75, 3.05) is 14.2 Å². The van der Waals surface area contributed by atoms with Crippen molar-refractivity contribution in [1.82, 2.24) is 14.1 Å². The quantitative estimate of drug-likeness (QED) is 0.465. The predicted octanol–water partition coefficient (Wildman–Crippen LogP) is 1.76. The van der Waals surface area contributed by atoms with Crippen molar-refractivity contribution < 1.29 is 23.8 Å². The van der Waals surface area contributed by atoms with Crippen LogP contribution in [-0.2, 0) is 18.2 Å². The van der Waals surface area contributed by atoms with E-state index < -0.39 is 7.60 Å². The van der Waals surface area contributed by atoms with Gasteiger partial charge in [0.2, 0.25) is 0 Å². The topological polar surface area (TPSA) is 116 Å². The zero-order chi connectivity index (χ0) is 21.6. The van der Waals surface area contributed by atoms with E-state index in [0.717, 1.165) is 10.9 Å². The van der Waals surface area contributed by atoms with Gasteiger partial charge >= 0.3 is 13.3 Å². The Kier molecular flexibility index (Phi) is 4.89. The number of hydrogen-bond donors (Lipinski definition) is 2. The maximum atomic E-state index is 13.0. The van der Waals surface area contributed by atoms with Crippen molar-refractivity contribution in [2.24, 2.45) is 7.05 Å². The van der Waals surface area contributed by atoms with E-state index >= 15 is 0 Å². The van der Waals surface area contributed by atoms with E-state index in [1.807, 2.05) is 0 Å². The SMILES string of the molecule is COc1cc2ncc3c(c2cc1OC)n(Cc1ccc(P(=O)(O)O)cc1)c(=O)n3C. The Labute approximate surface area is 171 Å². The molecule has 0 amide bonds. The number of benzene rings is 2. The second-order valence-corrected chi connectivity index (χ2v) is 8.46. The number of aromatic nitrogens is 3. The van der Waals surface area contributed by atoms with Crippen LogP contribution in [0.15, 0.2) is 47.4 Å². The lowest BCUT2D eigenvalue weighted by atomic mass is 10.1. The lowest BCUT2D eigenvalue weighted by Gasteiger charge is -2.11. The van der Waals surface area contributed by atoms with Gasteiger partial charge in [-0.3, -0.25) is 18.7 Å². The van der Waals surface area contributed by atoms with E-state index in [1.54, 1.807) is 49.2 Å². The number of imidazole rings is 1. The van der Waals surface area contributed by atoms with E-state index in [2.05, 4.69) is 4.98 Å². The molecule has 0 spiro atoms. The van der Waals surface area contributed by atoms with Crippen LogP contribution in [0, 0.1) is 0 Å². The fourth-order valence-electron chi connectivity index (χ4n) is 3.53. The maximum absolute atomic E-state index is 13.0. The van der Waals surface area contributed by atoms with Gasteiger partial charge in [-0.05, 0) is 23.8 Å². The summed E-state index contributed by atoms with van der Waals surface area (Å²) < 4.78 is 25.3. The molecule has 2 aromatic heterocycles. The number of rotatable bonds is 5. The highest BCUT2D eigenvalue weighted by molar-refractivity contribution is 7.60. The predicted molar refractivity (Wildman–Crippen MR) is 113 cm³/mol. The summed E-state index contributed by atoms with van der Waals surface area (Å²) in [5.74, 6) is 1.06. The highest BCUT2D eigenvalue weighted by atomic mass is 31.2. The van der Waals surface area contributed by atoms with Crippen LogP contribution in [0.5, 0.6) is 11.5 Å². The molecule has 156 valence electrons. The Hall–Kier alpha value is -3.13. The average Bonchev–Trinajstić information content (AvgIpc) is 2.97. The molecule has 0 radical (unpaired) electrons. The summed E-state index contributed by atoms with van der Waals surface area (Å²) in [5, 5.41) is 0.665. The van der Waals surface area contributed by atoms with Gasteiger partial charge in [-0.25, -0.2) is 4.79 Å². The third-order valence-electron chi connectivity index (χ3n) is 5.09. The van der Waals surface area contributed by atoms with Crippen LogP contribution >= 0.6 is 7.60 Å². The van der Waals surface area contributed by atoms with Gasteiger partial charge in [0.15, 0.2) is 11.5 Å². The molecule has 0 aliphatic carbocycles. The number of hydrogen-bond acceptors (Lipinski definition) is 5. The van der Waals surface area contributed by atoms with Crippen molar-refractivity contribution in [1.29, 1.82) is 0 Å². The number of fused-ring (bicyclic) bond motifs is 3. The Morgan fingerprint density at radius 2 is 1.70 bits per heavy atom. The average molecular weight is 429 g/mol. The summed E-state index contributed by atoms with van der Waals surface area (Å²) in [5.41, 5.74) is 2.50. The molecule has 0 atom stereocenters. The lowest BCUT2D eigenvalue weighted by Crippen LogP contribution is -2.22. The molecule has 0 bridgehead atoms. The van der Waals surface area contributed by atoms with Gasteiger partial charge < -0.3 is 19.3 Å². The fraction of sp³-hybridized carbons (Fsp3) is 0.200. The molecule has 0 unspecified atom stereocenters. The van der Waals surface area contributed by atoms with Crippen molar-refractivity contribution in [3.8, 4) is 11.5 Å². The van der Waals surface area contributed by atoms with Crippen LogP contribution in [0.2, 0.25) is 0 Å². The summed E-state index contributed by atoms with van der Waals surface area (Å²) in [7, 11) is 0.435. The molecular weight excluding hydrogens is 409 g/mol. The zero-order valence-electron chi connectivity index (χ0n) is 16.6. The van der Waals surface area contributed by atoms with E-state index in [-0.39, 0.29) is 17.5 Å². The standard InChI is InChI=1S/C20H20N3O6P/c1-22-16-10-21-15-9-18(29-3)17(28-2)8-14(15)19(16)23(20(22)24)11-12-4-6-13(7-5-12)30(25,26)27/h4-10H,11H2,1-3H3,(H2,25,26,27). The van der Waals surface area contributed by atoms with Crippen LogP contribution in [-0.4, -0.2) is 38.1 Å². The van der Waals surface area contributed by atoms with Crippen LogP contribution in [0.1, 0.15) is 5.56 Å². The van der Waals surface area contributed by atoms with Crippen LogP contribution in [0.3, 0.4) is 0 Å². The minimum absolute atomic E-state index is 0.0667. The first-order chi connectivity index (χ1) is 14.2. The minimum Gasteiger partial charge on any atom is -0.493 e. The van der Waals surface area contributed by atoms with Crippen LogP contribution in [0.25, 0.3) is 21.9 Å². The maximum Gasteiger partial charge on any atom is 0.356 e. The molecule has 0 saturated heterocycles. The molecule has 9 nitrogen and oxygen atoms in total. The molecule has 2 N–H and O–H groups in total.